The second-order valence-corrected chi connectivity index (χ2v) is 9.31. The van der Waals surface area contributed by atoms with Gasteiger partial charge in [0.1, 0.15) is 0 Å². The van der Waals surface area contributed by atoms with E-state index in [1.54, 1.807) is 13.0 Å². The van der Waals surface area contributed by atoms with E-state index >= 15 is 0 Å². The van der Waals surface area contributed by atoms with E-state index in [4.69, 9.17) is 23.2 Å². The fourth-order valence-electron chi connectivity index (χ4n) is 4.71. The maximum atomic E-state index is 13.4. The van der Waals surface area contributed by atoms with Crippen LogP contribution in [0.1, 0.15) is 24.5 Å². The van der Waals surface area contributed by atoms with Gasteiger partial charge in [-0.2, -0.15) is 0 Å². The molecule has 1 amide bonds. The van der Waals surface area contributed by atoms with Crippen molar-refractivity contribution in [3.63, 3.8) is 0 Å². The summed E-state index contributed by atoms with van der Waals surface area (Å²) in [6.07, 6.45) is 2.01. The number of aliphatic hydroxyl groups excluding tert-OH is 1. The first kappa shape index (κ1) is 22.2. The zero-order chi connectivity index (χ0) is 22.1. The van der Waals surface area contributed by atoms with Crippen molar-refractivity contribution >= 4 is 40.0 Å². The molecule has 2 heterocycles. The van der Waals surface area contributed by atoms with Crippen LogP contribution in [0.4, 0.5) is 0 Å². The van der Waals surface area contributed by atoms with Crippen LogP contribution in [0.5, 0.6) is 0 Å². The Balaban J connectivity index is 1.51. The van der Waals surface area contributed by atoms with E-state index in [0.29, 0.717) is 29.7 Å². The Labute approximate surface area is 192 Å². The lowest BCUT2D eigenvalue weighted by atomic mass is 9.85. The number of likely N-dealkylation sites (tertiary alicyclic amines) is 1. The Hall–Kier alpha value is -2.05. The molecule has 0 bridgehead atoms. The van der Waals surface area contributed by atoms with Crippen molar-refractivity contribution in [3.8, 4) is 0 Å². The number of piperidine rings is 1. The lowest BCUT2D eigenvalue weighted by molar-refractivity contribution is -0.148. The number of H-pyrrole nitrogens is 1. The van der Waals surface area contributed by atoms with Gasteiger partial charge in [0.05, 0.1) is 12.0 Å². The Morgan fingerprint density at radius 2 is 1.94 bits per heavy atom. The molecule has 3 atom stereocenters. The topological polar surface area (TPSA) is 59.6 Å². The predicted octanol–water partition coefficient (Wildman–Crippen LogP) is 4.70. The highest BCUT2D eigenvalue weighted by Gasteiger charge is 2.41. The van der Waals surface area contributed by atoms with E-state index in [9.17, 15) is 9.90 Å². The van der Waals surface area contributed by atoms with Gasteiger partial charge in [-0.3, -0.25) is 9.69 Å². The Morgan fingerprint density at radius 3 is 2.65 bits per heavy atom. The van der Waals surface area contributed by atoms with Gasteiger partial charge in [-0.15, -0.1) is 0 Å². The highest BCUT2D eigenvalue weighted by molar-refractivity contribution is 6.34. The number of aliphatic hydroxyl groups is 1. The zero-order valence-corrected chi connectivity index (χ0v) is 19.2. The van der Waals surface area contributed by atoms with E-state index in [-0.39, 0.29) is 11.9 Å². The van der Waals surface area contributed by atoms with E-state index in [0.717, 1.165) is 28.5 Å². The van der Waals surface area contributed by atoms with E-state index < -0.39 is 12.0 Å². The lowest BCUT2D eigenvalue weighted by Crippen LogP contribution is -2.56. The quantitative estimate of drug-likeness (QED) is 0.561. The number of nitrogens with one attached hydrogen (secondary N) is 1. The third-order valence-electron chi connectivity index (χ3n) is 6.18. The molecule has 2 N–H and O–H groups in total. The number of nitrogens with zero attached hydrogens (tertiary/aromatic N) is 2. The molecule has 1 saturated heterocycles. The largest absolute Gasteiger partial charge is 0.393 e. The molecule has 1 fully saturated rings. The van der Waals surface area contributed by atoms with Gasteiger partial charge >= 0.3 is 0 Å². The Kier molecular flexibility index (Phi) is 6.58. The van der Waals surface area contributed by atoms with Crippen LogP contribution in [-0.2, 0) is 17.9 Å². The Bertz CT molecular complexity index is 1060. The van der Waals surface area contributed by atoms with Crippen LogP contribution in [0.2, 0.25) is 10.0 Å². The molecule has 4 rings (SSSR count). The highest BCUT2D eigenvalue weighted by Crippen LogP contribution is 2.30. The minimum atomic E-state index is -0.742. The zero-order valence-electron chi connectivity index (χ0n) is 17.7. The van der Waals surface area contributed by atoms with Gasteiger partial charge in [-0.25, -0.2) is 0 Å². The molecule has 0 saturated carbocycles. The maximum absolute atomic E-state index is 13.4. The number of carbonyl (C=O) groups is 1. The first-order valence-corrected chi connectivity index (χ1v) is 11.3. The summed E-state index contributed by atoms with van der Waals surface area (Å²) in [5.41, 5.74) is 3.14. The molecule has 164 valence electrons. The number of hydrogen-bond acceptors (Lipinski definition) is 3. The molecule has 0 spiro atoms. The number of aromatic nitrogens is 1. The number of hydrogen-bond donors (Lipinski definition) is 2. The molecule has 1 aromatic heterocycles. The number of amides is 1. The normalized spacial score (nSPS) is 20.6. The standard InChI is InChI=1S/C24H27Cl2N3O2/c1-15(30)23-22(28(2)13-16-9-18(25)11-19(26)10-16)7-8-29(24(23)31)14-17-12-27-21-6-4-3-5-20(17)21/h3-6,9-12,15,22-23,27,30H,7-8,13-14H2,1-2H3. The van der Waals surface area contributed by atoms with E-state index in [2.05, 4.69) is 16.0 Å². The fraction of sp³-hybridized carbons (Fsp3) is 0.375. The van der Waals surface area contributed by atoms with Gasteiger partial charge in [-0.1, -0.05) is 41.4 Å². The first-order valence-electron chi connectivity index (χ1n) is 10.5. The number of halogens is 2. The molecule has 1 aliphatic rings. The summed E-state index contributed by atoms with van der Waals surface area (Å²) in [5.74, 6) is -0.494. The number of fused-ring (bicyclic) bond motifs is 1. The molecular weight excluding hydrogens is 433 g/mol. The average molecular weight is 460 g/mol. The monoisotopic (exact) mass is 459 g/mol. The second-order valence-electron chi connectivity index (χ2n) is 8.43. The summed E-state index contributed by atoms with van der Waals surface area (Å²) < 4.78 is 0. The molecule has 1 aliphatic heterocycles. The van der Waals surface area contributed by atoms with Gasteiger partial charge in [-0.05, 0) is 55.8 Å². The SMILES string of the molecule is CC(O)C1C(=O)N(Cc2c[nH]c3ccccc23)CCC1N(C)Cc1cc(Cl)cc(Cl)c1. The highest BCUT2D eigenvalue weighted by atomic mass is 35.5. The third kappa shape index (κ3) is 4.75. The van der Waals surface area contributed by atoms with Crippen molar-refractivity contribution in [1.29, 1.82) is 0 Å². The lowest BCUT2D eigenvalue weighted by Gasteiger charge is -2.43. The van der Waals surface area contributed by atoms with Crippen molar-refractivity contribution in [3.05, 3.63) is 69.8 Å². The summed E-state index contributed by atoms with van der Waals surface area (Å²) in [6, 6.07) is 13.5. The van der Waals surface area contributed by atoms with Gasteiger partial charge in [0.15, 0.2) is 0 Å². The van der Waals surface area contributed by atoms with Crippen LogP contribution in [0.3, 0.4) is 0 Å². The summed E-state index contributed by atoms with van der Waals surface area (Å²) in [4.78, 5) is 20.7. The van der Waals surface area contributed by atoms with Crippen molar-refractivity contribution < 1.29 is 9.90 Å². The van der Waals surface area contributed by atoms with Crippen LogP contribution in [0, 0.1) is 5.92 Å². The fourth-order valence-corrected chi connectivity index (χ4v) is 5.28. The number of para-hydroxylation sites is 1. The number of aromatic amines is 1. The minimum absolute atomic E-state index is 0.00694. The van der Waals surface area contributed by atoms with Crippen LogP contribution in [-0.4, -0.2) is 51.5 Å². The summed E-state index contributed by atoms with van der Waals surface area (Å²) in [7, 11) is 1.98. The third-order valence-corrected chi connectivity index (χ3v) is 6.62. The van der Waals surface area contributed by atoms with E-state index in [1.165, 1.54) is 0 Å². The van der Waals surface area contributed by atoms with Gasteiger partial charge in [0.2, 0.25) is 5.91 Å². The van der Waals surface area contributed by atoms with Gasteiger partial charge in [0.25, 0.3) is 0 Å². The molecule has 2 aromatic carbocycles. The second kappa shape index (κ2) is 9.21. The number of carbonyl (C=O) groups excluding carboxylic acids is 1. The van der Waals surface area contributed by atoms with Gasteiger partial charge < -0.3 is 15.0 Å². The molecule has 0 radical (unpaired) electrons. The summed E-state index contributed by atoms with van der Waals surface area (Å²) >= 11 is 12.3. The van der Waals surface area contributed by atoms with Crippen molar-refractivity contribution in [1.82, 2.24) is 14.8 Å². The van der Waals surface area contributed by atoms with Gasteiger partial charge in [0, 0.05) is 52.8 Å². The summed E-state index contributed by atoms with van der Waals surface area (Å²) in [5, 5.41) is 12.8. The molecule has 0 aliphatic carbocycles. The number of benzene rings is 2. The average Bonchev–Trinajstić information content (AvgIpc) is 3.11. The molecule has 31 heavy (non-hydrogen) atoms. The molecule has 5 nitrogen and oxygen atoms in total. The van der Waals surface area contributed by atoms with Crippen LogP contribution in [0.25, 0.3) is 10.9 Å². The first-order chi connectivity index (χ1) is 14.8. The molecule has 7 heteroatoms. The van der Waals surface area contributed by atoms with Crippen molar-refractivity contribution in [2.24, 2.45) is 5.92 Å². The van der Waals surface area contributed by atoms with Crippen molar-refractivity contribution in [2.45, 2.75) is 38.6 Å². The molecule has 3 aromatic rings. The minimum Gasteiger partial charge on any atom is -0.393 e. The van der Waals surface area contributed by atoms with Crippen LogP contribution >= 0.6 is 23.2 Å². The molecular formula is C24H27Cl2N3O2. The Morgan fingerprint density at radius 1 is 1.23 bits per heavy atom. The van der Waals surface area contributed by atoms with E-state index in [1.807, 2.05) is 48.5 Å². The predicted molar refractivity (Wildman–Crippen MR) is 125 cm³/mol. The number of rotatable bonds is 6. The van der Waals surface area contributed by atoms with Crippen LogP contribution in [0.15, 0.2) is 48.7 Å². The summed E-state index contributed by atoms with van der Waals surface area (Å²) in [6.45, 7) is 3.48. The molecule has 3 unspecified atom stereocenters. The smallest absolute Gasteiger partial charge is 0.230 e. The van der Waals surface area contributed by atoms with Crippen molar-refractivity contribution in [2.75, 3.05) is 13.6 Å². The maximum Gasteiger partial charge on any atom is 0.230 e. The van der Waals surface area contributed by atoms with Crippen LogP contribution < -0.4 is 0 Å².